The van der Waals surface area contributed by atoms with E-state index >= 15 is 0 Å². The summed E-state index contributed by atoms with van der Waals surface area (Å²) in [4.78, 5) is 38.3. The number of fused-ring (bicyclic) bond motifs is 2. The monoisotopic (exact) mass is 693 g/mol. The van der Waals surface area contributed by atoms with Gasteiger partial charge in [-0.05, 0) is 73.1 Å². The molecule has 256 valence electrons. The first-order valence-corrected chi connectivity index (χ1v) is 18.0. The quantitative estimate of drug-likeness (QED) is 0.170. The molecular weight excluding hydrogens is 654 g/mol. The molecule has 2 amide bonds. The van der Waals surface area contributed by atoms with Crippen LogP contribution in [0.4, 0.5) is 11.4 Å². The van der Waals surface area contributed by atoms with Crippen molar-refractivity contribution < 1.29 is 9.59 Å². The molecule has 0 spiro atoms. The molecule has 8 rings (SSSR count). The van der Waals surface area contributed by atoms with Crippen LogP contribution in [0.3, 0.4) is 0 Å². The summed E-state index contributed by atoms with van der Waals surface area (Å²) in [6, 6.07) is 41.2. The fourth-order valence-electron chi connectivity index (χ4n) is 7.56. The lowest BCUT2D eigenvalue weighted by Gasteiger charge is -2.41. The van der Waals surface area contributed by atoms with E-state index < -0.39 is 0 Å². The molecule has 1 fully saturated rings. The Labute approximate surface area is 303 Å². The maximum atomic E-state index is 14.9. The molecule has 3 heterocycles. The van der Waals surface area contributed by atoms with Gasteiger partial charge in [0.15, 0.2) is 0 Å². The lowest BCUT2D eigenvalue weighted by atomic mass is 9.92. The standard InChI is InChI=1S/C43H40ClN5O2/c1-45-22-24-46(25-23-45)29-36-26-31-12-8-9-13-32(31)28-47(36)42(50)38-21-20-33(44)27-41(38)48-30-39(37-18-10-11-19-40(37)48)43(51)49(34-14-4-2-5-15-34)35-16-6-3-7-17-35/h2-21,27,30,36H,22-26,28-29H2,1H3/t36-/m0/s1. The first-order chi connectivity index (χ1) is 24.9. The van der Waals surface area contributed by atoms with Gasteiger partial charge < -0.3 is 14.4 Å². The molecule has 5 aromatic carbocycles. The van der Waals surface area contributed by atoms with Crippen molar-refractivity contribution in [2.75, 3.05) is 44.7 Å². The smallest absolute Gasteiger partial charge is 0.265 e. The van der Waals surface area contributed by atoms with Gasteiger partial charge in [-0.3, -0.25) is 19.4 Å². The molecule has 2 aliphatic heterocycles. The van der Waals surface area contributed by atoms with Gasteiger partial charge >= 0.3 is 0 Å². The van der Waals surface area contributed by atoms with E-state index in [4.69, 9.17) is 11.6 Å². The second-order valence-corrected chi connectivity index (χ2v) is 14.0. The number of anilines is 2. The van der Waals surface area contributed by atoms with Crippen LogP contribution in [0.15, 0.2) is 134 Å². The third-order valence-corrected chi connectivity index (χ3v) is 10.5. The molecule has 0 N–H and O–H groups in total. The fourth-order valence-corrected chi connectivity index (χ4v) is 7.73. The van der Waals surface area contributed by atoms with Crippen molar-refractivity contribution in [2.24, 2.45) is 0 Å². The molecule has 8 heteroatoms. The van der Waals surface area contributed by atoms with Gasteiger partial charge in [0.2, 0.25) is 0 Å². The molecule has 0 bridgehead atoms. The fraction of sp³-hybridized carbons (Fsp3) is 0.209. The Morgan fingerprint density at radius 2 is 1.35 bits per heavy atom. The Morgan fingerprint density at radius 1 is 0.725 bits per heavy atom. The van der Waals surface area contributed by atoms with Crippen LogP contribution in [0.5, 0.6) is 0 Å². The van der Waals surface area contributed by atoms with Gasteiger partial charge in [-0.1, -0.05) is 90.5 Å². The van der Waals surface area contributed by atoms with E-state index in [0.29, 0.717) is 28.4 Å². The number of amides is 2. The molecule has 51 heavy (non-hydrogen) atoms. The van der Waals surface area contributed by atoms with E-state index in [1.54, 1.807) is 11.0 Å². The predicted molar refractivity (Wildman–Crippen MR) is 205 cm³/mol. The minimum absolute atomic E-state index is 0.0168. The summed E-state index contributed by atoms with van der Waals surface area (Å²) in [7, 11) is 2.16. The first kappa shape index (κ1) is 33.0. The highest BCUT2D eigenvalue weighted by atomic mass is 35.5. The number of carbonyl (C=O) groups excluding carboxylic acids is 2. The first-order valence-electron chi connectivity index (χ1n) is 17.6. The van der Waals surface area contributed by atoms with Crippen molar-refractivity contribution >= 4 is 45.7 Å². The zero-order valence-electron chi connectivity index (χ0n) is 28.7. The molecule has 1 aromatic heterocycles. The zero-order valence-corrected chi connectivity index (χ0v) is 29.4. The van der Waals surface area contributed by atoms with Gasteiger partial charge in [-0.25, -0.2) is 0 Å². The topological polar surface area (TPSA) is 52.0 Å². The highest BCUT2D eigenvalue weighted by Crippen LogP contribution is 2.35. The molecule has 6 aromatic rings. The van der Waals surface area contributed by atoms with Crippen molar-refractivity contribution in [1.82, 2.24) is 19.3 Å². The maximum absolute atomic E-state index is 14.9. The number of hydrogen-bond acceptors (Lipinski definition) is 4. The van der Waals surface area contributed by atoms with Crippen molar-refractivity contribution in [2.45, 2.75) is 19.0 Å². The molecule has 0 saturated carbocycles. The largest absolute Gasteiger partial charge is 0.330 e. The van der Waals surface area contributed by atoms with Gasteiger partial charge in [0, 0.05) is 73.3 Å². The second-order valence-electron chi connectivity index (χ2n) is 13.6. The van der Waals surface area contributed by atoms with Crippen LogP contribution >= 0.6 is 11.6 Å². The highest BCUT2D eigenvalue weighted by molar-refractivity contribution is 6.31. The van der Waals surface area contributed by atoms with Crippen molar-refractivity contribution in [3.63, 3.8) is 0 Å². The maximum Gasteiger partial charge on any atom is 0.265 e. The number of halogens is 1. The summed E-state index contributed by atoms with van der Waals surface area (Å²) < 4.78 is 1.96. The van der Waals surface area contributed by atoms with Crippen LogP contribution in [0, 0.1) is 0 Å². The van der Waals surface area contributed by atoms with Crippen LogP contribution in [0.1, 0.15) is 31.8 Å². The number of piperazine rings is 1. The zero-order chi connectivity index (χ0) is 34.9. The van der Waals surface area contributed by atoms with Gasteiger partial charge in [-0.15, -0.1) is 0 Å². The Balaban J connectivity index is 1.21. The summed E-state index contributed by atoms with van der Waals surface area (Å²) in [6.07, 6.45) is 2.67. The van der Waals surface area contributed by atoms with Gasteiger partial charge in [-0.2, -0.15) is 0 Å². The Kier molecular flexibility index (Phi) is 9.17. The summed E-state index contributed by atoms with van der Waals surface area (Å²) >= 11 is 6.70. The number of aromatic nitrogens is 1. The molecule has 0 radical (unpaired) electrons. The molecule has 7 nitrogen and oxygen atoms in total. The number of para-hydroxylation sites is 3. The minimum atomic E-state index is -0.169. The molecule has 1 saturated heterocycles. The van der Waals surface area contributed by atoms with Gasteiger partial charge in [0.1, 0.15) is 0 Å². The summed E-state index contributed by atoms with van der Waals surface area (Å²) in [6.45, 7) is 5.36. The number of benzene rings is 5. The van der Waals surface area contributed by atoms with Crippen LogP contribution in [0.25, 0.3) is 16.6 Å². The Morgan fingerprint density at radius 3 is 2.06 bits per heavy atom. The number of likely N-dealkylation sites (N-methyl/N-ethyl adjacent to an activating group) is 1. The summed E-state index contributed by atoms with van der Waals surface area (Å²) in [5.74, 6) is -0.215. The lowest BCUT2D eigenvalue weighted by Crippen LogP contribution is -2.53. The molecular formula is C43H40ClN5O2. The molecule has 0 aliphatic carbocycles. The highest BCUT2D eigenvalue weighted by Gasteiger charge is 2.34. The molecule has 1 atom stereocenters. The van der Waals surface area contributed by atoms with Gasteiger partial charge in [0.05, 0.1) is 22.3 Å². The Bertz CT molecular complexity index is 2150. The molecule has 2 aliphatic rings. The van der Waals surface area contributed by atoms with Crippen molar-refractivity contribution in [1.29, 1.82) is 0 Å². The lowest BCUT2D eigenvalue weighted by molar-refractivity contribution is 0.0536. The SMILES string of the molecule is CN1CCN(C[C@@H]2Cc3ccccc3CN2C(=O)c2ccc(Cl)cc2-n2cc(C(=O)N(c3ccccc3)c3ccccc3)c3ccccc32)CC1. The van der Waals surface area contributed by atoms with E-state index in [0.717, 1.165) is 61.4 Å². The number of carbonyl (C=O) groups is 2. The number of nitrogens with zero attached hydrogens (tertiary/aromatic N) is 5. The number of rotatable bonds is 7. The van der Waals surface area contributed by atoms with Gasteiger partial charge in [0.25, 0.3) is 11.8 Å². The van der Waals surface area contributed by atoms with Crippen LogP contribution in [-0.2, 0) is 13.0 Å². The van der Waals surface area contributed by atoms with E-state index in [1.807, 2.05) is 108 Å². The predicted octanol–water partition coefficient (Wildman–Crippen LogP) is 8.08. The van der Waals surface area contributed by atoms with Crippen LogP contribution in [0.2, 0.25) is 5.02 Å². The van der Waals surface area contributed by atoms with E-state index in [9.17, 15) is 9.59 Å². The number of hydrogen-bond donors (Lipinski definition) is 0. The van der Waals surface area contributed by atoms with Crippen molar-refractivity contribution in [3.8, 4) is 5.69 Å². The molecule has 0 unspecified atom stereocenters. The average Bonchev–Trinajstić information content (AvgIpc) is 3.56. The average molecular weight is 694 g/mol. The summed E-state index contributed by atoms with van der Waals surface area (Å²) in [5, 5.41) is 1.30. The third-order valence-electron chi connectivity index (χ3n) is 10.3. The second kappa shape index (κ2) is 14.2. The van der Waals surface area contributed by atoms with E-state index in [2.05, 4.69) is 46.0 Å². The minimum Gasteiger partial charge on any atom is -0.330 e. The van der Waals surface area contributed by atoms with Crippen LogP contribution < -0.4 is 4.90 Å². The normalized spacial score (nSPS) is 16.6. The Hall–Kier alpha value is -5.21. The summed E-state index contributed by atoms with van der Waals surface area (Å²) in [5.41, 5.74) is 6.54. The van der Waals surface area contributed by atoms with E-state index in [1.165, 1.54) is 11.1 Å². The van der Waals surface area contributed by atoms with Crippen molar-refractivity contribution in [3.05, 3.63) is 161 Å². The third kappa shape index (κ3) is 6.56. The van der Waals surface area contributed by atoms with Crippen LogP contribution in [-0.4, -0.2) is 76.9 Å². The van der Waals surface area contributed by atoms with E-state index in [-0.39, 0.29) is 17.9 Å².